The van der Waals surface area contributed by atoms with Gasteiger partial charge in [0.15, 0.2) is 0 Å². The molecule has 0 atom stereocenters. The highest BCUT2D eigenvalue weighted by atomic mass is 32.2. The molecule has 0 aliphatic rings. The van der Waals surface area contributed by atoms with E-state index in [-0.39, 0.29) is 5.75 Å². The van der Waals surface area contributed by atoms with E-state index in [0.717, 1.165) is 4.47 Å². The van der Waals surface area contributed by atoms with Crippen LogP contribution in [0, 0.1) is 0 Å². The van der Waals surface area contributed by atoms with Gasteiger partial charge in [0.2, 0.25) is 10.0 Å². The Hall–Kier alpha value is -1.11. The number of hydrogen-bond donors (Lipinski definition) is 1. The molecule has 0 unspecified atom stereocenters. The van der Waals surface area contributed by atoms with Crippen molar-refractivity contribution in [1.82, 2.24) is 4.47 Å². The second-order valence-electron chi connectivity index (χ2n) is 3.09. The van der Waals surface area contributed by atoms with Crippen LogP contribution in [0.15, 0.2) is 24.3 Å². The monoisotopic (exact) mass is 230 g/mol. The zero-order valence-electron chi connectivity index (χ0n) is 8.67. The van der Waals surface area contributed by atoms with Crippen LogP contribution in [0.1, 0.15) is 5.56 Å². The van der Waals surface area contributed by atoms with E-state index in [4.69, 9.17) is 5.73 Å². The third-order valence-corrected chi connectivity index (χ3v) is 3.61. The summed E-state index contributed by atoms with van der Waals surface area (Å²) in [5.74, 6) is -0.0996. The summed E-state index contributed by atoms with van der Waals surface area (Å²) in [5.41, 5.74) is 6.77. The molecule has 15 heavy (non-hydrogen) atoms. The highest BCUT2D eigenvalue weighted by Crippen LogP contribution is 2.11. The maximum atomic E-state index is 11.6. The predicted molar refractivity (Wildman–Crippen MR) is 58.3 cm³/mol. The first-order valence-electron chi connectivity index (χ1n) is 4.31. The second kappa shape index (κ2) is 4.61. The average molecular weight is 230 g/mol. The fourth-order valence-electron chi connectivity index (χ4n) is 1.03. The van der Waals surface area contributed by atoms with Crippen molar-refractivity contribution >= 4 is 15.7 Å². The van der Waals surface area contributed by atoms with Crippen molar-refractivity contribution in [2.75, 3.05) is 19.9 Å². The van der Waals surface area contributed by atoms with Gasteiger partial charge in [-0.1, -0.05) is 16.6 Å². The fourth-order valence-corrected chi connectivity index (χ4v) is 2.05. The van der Waals surface area contributed by atoms with Gasteiger partial charge in [0, 0.05) is 12.7 Å². The van der Waals surface area contributed by atoms with E-state index in [1.165, 1.54) is 14.2 Å². The topological polar surface area (TPSA) is 72.6 Å². The van der Waals surface area contributed by atoms with E-state index in [9.17, 15) is 8.42 Å². The van der Waals surface area contributed by atoms with Crippen LogP contribution in [-0.4, -0.2) is 27.0 Å². The van der Waals surface area contributed by atoms with Gasteiger partial charge < -0.3 is 5.73 Å². The lowest BCUT2D eigenvalue weighted by atomic mass is 10.2. The molecule has 1 aromatic rings. The van der Waals surface area contributed by atoms with Gasteiger partial charge in [-0.05, 0) is 17.7 Å². The summed E-state index contributed by atoms with van der Waals surface area (Å²) in [5, 5.41) is 0. The minimum absolute atomic E-state index is 0.0996. The largest absolute Gasteiger partial charge is 0.399 e. The molecule has 6 heteroatoms. The molecule has 5 nitrogen and oxygen atoms in total. The predicted octanol–water partition coefficient (Wildman–Crippen LogP) is 0.592. The van der Waals surface area contributed by atoms with Crippen molar-refractivity contribution in [3.8, 4) is 0 Å². The van der Waals surface area contributed by atoms with Crippen LogP contribution in [0.5, 0.6) is 0 Å². The number of nitrogens with zero attached hydrogens (tertiary/aromatic N) is 1. The van der Waals surface area contributed by atoms with Crippen molar-refractivity contribution in [3.63, 3.8) is 0 Å². The van der Waals surface area contributed by atoms with Crippen molar-refractivity contribution < 1.29 is 13.3 Å². The zero-order chi connectivity index (χ0) is 11.5. The van der Waals surface area contributed by atoms with Gasteiger partial charge in [-0.3, -0.25) is 4.84 Å². The number of rotatable bonds is 4. The zero-order valence-corrected chi connectivity index (χ0v) is 9.49. The summed E-state index contributed by atoms with van der Waals surface area (Å²) in [6, 6.07) is 6.68. The number of nitrogens with two attached hydrogens (primary N) is 1. The van der Waals surface area contributed by atoms with Gasteiger partial charge in [-0.25, -0.2) is 8.42 Å². The van der Waals surface area contributed by atoms with Gasteiger partial charge >= 0.3 is 0 Å². The summed E-state index contributed by atoms with van der Waals surface area (Å²) in [4.78, 5) is 4.63. The Labute approximate surface area is 89.5 Å². The molecule has 2 N–H and O–H groups in total. The number of nitrogen functional groups attached to an aromatic ring is 1. The van der Waals surface area contributed by atoms with Crippen LogP contribution in [0.4, 0.5) is 5.69 Å². The van der Waals surface area contributed by atoms with E-state index >= 15 is 0 Å². The fraction of sp³-hybridized carbons (Fsp3) is 0.333. The van der Waals surface area contributed by atoms with Gasteiger partial charge in [0.25, 0.3) is 0 Å². The first-order valence-corrected chi connectivity index (χ1v) is 5.92. The van der Waals surface area contributed by atoms with Gasteiger partial charge in [0.05, 0.1) is 12.9 Å². The quantitative estimate of drug-likeness (QED) is 0.607. The van der Waals surface area contributed by atoms with Crippen LogP contribution in [-0.2, 0) is 20.6 Å². The van der Waals surface area contributed by atoms with E-state index in [2.05, 4.69) is 4.84 Å². The van der Waals surface area contributed by atoms with Crippen LogP contribution in [0.25, 0.3) is 0 Å². The van der Waals surface area contributed by atoms with Gasteiger partial charge in [0.1, 0.15) is 0 Å². The minimum Gasteiger partial charge on any atom is -0.399 e. The molecule has 0 heterocycles. The Balaban J connectivity index is 2.82. The van der Waals surface area contributed by atoms with E-state index in [1.54, 1.807) is 24.3 Å². The van der Waals surface area contributed by atoms with Crippen molar-refractivity contribution in [3.05, 3.63) is 29.8 Å². The molecule has 1 rings (SSSR count). The summed E-state index contributed by atoms with van der Waals surface area (Å²) >= 11 is 0. The molecule has 0 aliphatic carbocycles. The smallest absolute Gasteiger partial charge is 0.239 e. The molecule has 0 bridgehead atoms. The van der Waals surface area contributed by atoms with Crippen molar-refractivity contribution in [2.24, 2.45) is 0 Å². The van der Waals surface area contributed by atoms with Crippen LogP contribution in [0.3, 0.4) is 0 Å². The maximum absolute atomic E-state index is 11.6. The molecular weight excluding hydrogens is 216 g/mol. The molecule has 0 spiro atoms. The number of anilines is 1. The summed E-state index contributed by atoms with van der Waals surface area (Å²) in [6.07, 6.45) is 0. The van der Waals surface area contributed by atoms with E-state index in [0.29, 0.717) is 11.3 Å². The Kier molecular flexibility index (Phi) is 3.67. The first-order chi connectivity index (χ1) is 6.95. The third-order valence-electron chi connectivity index (χ3n) is 1.98. The lowest BCUT2D eigenvalue weighted by Crippen LogP contribution is -2.26. The van der Waals surface area contributed by atoms with E-state index < -0.39 is 10.0 Å². The highest BCUT2D eigenvalue weighted by molar-refractivity contribution is 7.88. The number of hydrogen-bond acceptors (Lipinski definition) is 4. The number of benzene rings is 1. The normalized spacial score (nSPS) is 11.9. The van der Waals surface area contributed by atoms with Crippen molar-refractivity contribution in [2.45, 2.75) is 5.75 Å². The Bertz CT molecular complexity index is 413. The minimum atomic E-state index is -3.41. The van der Waals surface area contributed by atoms with E-state index in [1.807, 2.05) is 0 Å². The molecule has 0 radical (unpaired) electrons. The summed E-state index contributed by atoms with van der Waals surface area (Å²) < 4.78 is 24.0. The summed E-state index contributed by atoms with van der Waals surface area (Å²) in [6.45, 7) is 0. The maximum Gasteiger partial charge on any atom is 0.239 e. The van der Waals surface area contributed by atoms with Crippen molar-refractivity contribution in [1.29, 1.82) is 0 Å². The molecule has 0 aliphatic heterocycles. The standard InChI is InChI=1S/C9H14N2O3S/c1-11(14-2)15(12,13)7-8-3-5-9(10)6-4-8/h3-6H,7,10H2,1-2H3. The molecule has 0 aromatic heterocycles. The lowest BCUT2D eigenvalue weighted by Gasteiger charge is -2.13. The second-order valence-corrected chi connectivity index (χ2v) is 5.06. The molecule has 0 saturated heterocycles. The Morgan fingerprint density at radius 2 is 1.87 bits per heavy atom. The Morgan fingerprint density at radius 1 is 1.33 bits per heavy atom. The Morgan fingerprint density at radius 3 is 2.33 bits per heavy atom. The van der Waals surface area contributed by atoms with Gasteiger partial charge in [-0.15, -0.1) is 0 Å². The third kappa shape index (κ3) is 3.19. The van der Waals surface area contributed by atoms with Crippen LogP contribution < -0.4 is 5.73 Å². The molecule has 0 fully saturated rings. The molecule has 1 aromatic carbocycles. The summed E-state index contributed by atoms with van der Waals surface area (Å²) in [7, 11) is -0.746. The molecule has 0 saturated carbocycles. The molecular formula is C9H14N2O3S. The molecule has 0 amide bonds. The van der Waals surface area contributed by atoms with Crippen LogP contribution in [0.2, 0.25) is 0 Å². The van der Waals surface area contributed by atoms with Gasteiger partial charge in [-0.2, -0.15) is 0 Å². The molecule has 84 valence electrons. The number of hydroxylamine groups is 1. The highest BCUT2D eigenvalue weighted by Gasteiger charge is 2.17. The SMILES string of the molecule is CON(C)S(=O)(=O)Cc1ccc(N)cc1. The average Bonchev–Trinajstić information content (AvgIpc) is 2.20. The lowest BCUT2D eigenvalue weighted by molar-refractivity contribution is -0.0260. The first kappa shape index (κ1) is 12.0. The number of sulfonamides is 1. The van der Waals surface area contributed by atoms with Crippen LogP contribution >= 0.6 is 0 Å².